The predicted molar refractivity (Wildman–Crippen MR) is 138 cm³/mol. The van der Waals surface area contributed by atoms with E-state index in [4.69, 9.17) is 0 Å². The normalized spacial score (nSPS) is 12.1. The standard InChI is InChI=1S/C30H36N2O2/c1-22-14-16-25(17-15-22)21-32(28(33)20-26-13-9-10-23(2)18-26)27(29(34)31-30(3,4)5)19-24-11-7-6-8-12-24/h6-18,27H,19-21H2,1-5H3,(H,31,34). The molecule has 3 rings (SSSR count). The average Bonchev–Trinajstić information content (AvgIpc) is 2.77. The smallest absolute Gasteiger partial charge is 0.243 e. The lowest BCUT2D eigenvalue weighted by molar-refractivity contribution is -0.141. The summed E-state index contributed by atoms with van der Waals surface area (Å²) in [5.74, 6) is -0.197. The fraction of sp³-hybridized carbons (Fsp3) is 0.333. The summed E-state index contributed by atoms with van der Waals surface area (Å²) >= 11 is 0. The molecular formula is C30H36N2O2. The van der Waals surface area contributed by atoms with Crippen LogP contribution in [0.3, 0.4) is 0 Å². The number of carbonyl (C=O) groups is 2. The minimum Gasteiger partial charge on any atom is -0.350 e. The monoisotopic (exact) mass is 456 g/mol. The van der Waals surface area contributed by atoms with Gasteiger partial charge >= 0.3 is 0 Å². The van der Waals surface area contributed by atoms with Crippen molar-refractivity contribution in [2.45, 2.75) is 65.6 Å². The summed E-state index contributed by atoms with van der Waals surface area (Å²) in [7, 11) is 0. The van der Waals surface area contributed by atoms with E-state index in [-0.39, 0.29) is 18.2 Å². The molecule has 0 aromatic heterocycles. The van der Waals surface area contributed by atoms with Gasteiger partial charge in [0.1, 0.15) is 6.04 Å². The summed E-state index contributed by atoms with van der Waals surface area (Å²) < 4.78 is 0. The van der Waals surface area contributed by atoms with Crippen molar-refractivity contribution < 1.29 is 9.59 Å². The molecule has 34 heavy (non-hydrogen) atoms. The number of hydrogen-bond acceptors (Lipinski definition) is 2. The summed E-state index contributed by atoms with van der Waals surface area (Å²) in [6, 6.07) is 25.4. The molecule has 4 heteroatoms. The molecule has 0 radical (unpaired) electrons. The maximum absolute atomic E-state index is 13.7. The first-order valence-electron chi connectivity index (χ1n) is 11.9. The van der Waals surface area contributed by atoms with Crippen LogP contribution in [-0.4, -0.2) is 28.3 Å². The number of carbonyl (C=O) groups excluding carboxylic acids is 2. The third-order valence-electron chi connectivity index (χ3n) is 5.68. The molecule has 1 unspecified atom stereocenters. The van der Waals surface area contributed by atoms with E-state index < -0.39 is 11.6 Å². The Morgan fingerprint density at radius 2 is 1.44 bits per heavy atom. The molecule has 0 saturated heterocycles. The highest BCUT2D eigenvalue weighted by atomic mass is 16.2. The van der Waals surface area contributed by atoms with Gasteiger partial charge < -0.3 is 10.2 Å². The third kappa shape index (κ3) is 7.58. The molecule has 0 aliphatic rings. The summed E-state index contributed by atoms with van der Waals surface area (Å²) in [6.07, 6.45) is 0.704. The fourth-order valence-corrected chi connectivity index (χ4v) is 4.00. The summed E-state index contributed by atoms with van der Waals surface area (Å²) in [5, 5.41) is 3.11. The van der Waals surface area contributed by atoms with E-state index >= 15 is 0 Å². The van der Waals surface area contributed by atoms with Crippen LogP contribution < -0.4 is 5.32 Å². The Bertz CT molecular complexity index is 1100. The first kappa shape index (κ1) is 25.2. The second-order valence-electron chi connectivity index (χ2n) is 10.1. The van der Waals surface area contributed by atoms with E-state index in [1.165, 1.54) is 0 Å². The lowest BCUT2D eigenvalue weighted by Gasteiger charge is -2.34. The van der Waals surface area contributed by atoms with Gasteiger partial charge in [-0.3, -0.25) is 9.59 Å². The van der Waals surface area contributed by atoms with Crippen LogP contribution in [0.5, 0.6) is 0 Å². The molecule has 1 atom stereocenters. The van der Waals surface area contributed by atoms with Gasteiger partial charge in [-0.2, -0.15) is 0 Å². The first-order valence-corrected chi connectivity index (χ1v) is 11.9. The summed E-state index contributed by atoms with van der Waals surface area (Å²) in [5.41, 5.74) is 4.85. The molecule has 2 amide bonds. The Morgan fingerprint density at radius 1 is 0.794 bits per heavy atom. The molecule has 178 valence electrons. The lowest BCUT2D eigenvalue weighted by atomic mass is 9.99. The van der Waals surface area contributed by atoms with Crippen molar-refractivity contribution in [3.05, 3.63) is 107 Å². The van der Waals surface area contributed by atoms with Crippen molar-refractivity contribution in [3.63, 3.8) is 0 Å². The SMILES string of the molecule is Cc1ccc(CN(C(=O)Cc2cccc(C)c2)C(Cc2ccccc2)C(=O)NC(C)(C)C)cc1. The predicted octanol–water partition coefficient (Wildman–Crippen LogP) is 5.40. The molecule has 0 saturated carbocycles. The Labute approximate surface area is 204 Å². The molecule has 1 N–H and O–H groups in total. The molecule has 0 spiro atoms. The number of hydrogen-bond donors (Lipinski definition) is 1. The van der Waals surface area contributed by atoms with Crippen molar-refractivity contribution in [1.29, 1.82) is 0 Å². The Balaban J connectivity index is 1.98. The van der Waals surface area contributed by atoms with Gasteiger partial charge in [-0.25, -0.2) is 0 Å². The zero-order chi connectivity index (χ0) is 24.7. The number of nitrogens with zero attached hydrogens (tertiary/aromatic N) is 1. The van der Waals surface area contributed by atoms with Gasteiger partial charge in [0.15, 0.2) is 0 Å². The van der Waals surface area contributed by atoms with Crippen LogP contribution in [0, 0.1) is 13.8 Å². The van der Waals surface area contributed by atoms with Crippen molar-refractivity contribution in [2.24, 2.45) is 0 Å². The molecule has 0 aliphatic heterocycles. The molecule has 3 aromatic rings. The van der Waals surface area contributed by atoms with Gasteiger partial charge in [0, 0.05) is 18.5 Å². The number of benzene rings is 3. The highest BCUT2D eigenvalue weighted by Gasteiger charge is 2.32. The van der Waals surface area contributed by atoms with E-state index in [9.17, 15) is 9.59 Å². The van der Waals surface area contributed by atoms with Gasteiger partial charge in [-0.15, -0.1) is 0 Å². The summed E-state index contributed by atoms with van der Waals surface area (Å²) in [6.45, 7) is 10.3. The van der Waals surface area contributed by atoms with E-state index in [0.29, 0.717) is 13.0 Å². The Kier molecular flexibility index (Phi) is 8.27. The Hall–Kier alpha value is -3.40. The van der Waals surface area contributed by atoms with Crippen LogP contribution in [0.15, 0.2) is 78.9 Å². The highest BCUT2D eigenvalue weighted by molar-refractivity contribution is 5.89. The van der Waals surface area contributed by atoms with Crippen molar-refractivity contribution in [3.8, 4) is 0 Å². The Morgan fingerprint density at radius 3 is 2.06 bits per heavy atom. The van der Waals surface area contributed by atoms with Gasteiger partial charge in [0.25, 0.3) is 0 Å². The zero-order valence-electron chi connectivity index (χ0n) is 21.0. The minimum absolute atomic E-state index is 0.0591. The van der Waals surface area contributed by atoms with Crippen LogP contribution in [0.2, 0.25) is 0 Å². The van der Waals surface area contributed by atoms with E-state index in [2.05, 4.69) is 5.32 Å². The van der Waals surface area contributed by atoms with Crippen LogP contribution in [0.1, 0.15) is 48.6 Å². The van der Waals surface area contributed by atoms with Gasteiger partial charge in [0.2, 0.25) is 11.8 Å². The molecular weight excluding hydrogens is 420 g/mol. The van der Waals surface area contributed by atoms with E-state index in [1.807, 2.05) is 113 Å². The maximum atomic E-state index is 13.7. The number of nitrogens with one attached hydrogen (secondary N) is 1. The van der Waals surface area contributed by atoms with Crippen molar-refractivity contribution in [1.82, 2.24) is 10.2 Å². The van der Waals surface area contributed by atoms with Crippen molar-refractivity contribution in [2.75, 3.05) is 0 Å². The molecule has 0 aliphatic carbocycles. The highest BCUT2D eigenvalue weighted by Crippen LogP contribution is 2.18. The van der Waals surface area contributed by atoms with E-state index in [0.717, 1.165) is 27.8 Å². The quantitative estimate of drug-likeness (QED) is 0.493. The number of amides is 2. The van der Waals surface area contributed by atoms with Gasteiger partial charge in [-0.05, 0) is 51.3 Å². The van der Waals surface area contributed by atoms with Crippen LogP contribution >= 0.6 is 0 Å². The minimum atomic E-state index is -0.625. The maximum Gasteiger partial charge on any atom is 0.243 e. The molecule has 4 nitrogen and oxygen atoms in total. The van der Waals surface area contributed by atoms with Gasteiger partial charge in [-0.1, -0.05) is 90.0 Å². The second kappa shape index (κ2) is 11.1. The van der Waals surface area contributed by atoms with Crippen LogP contribution in [-0.2, 0) is 29.0 Å². The largest absolute Gasteiger partial charge is 0.350 e. The topological polar surface area (TPSA) is 49.4 Å². The molecule has 0 bridgehead atoms. The third-order valence-corrected chi connectivity index (χ3v) is 5.68. The summed E-state index contributed by atoms with van der Waals surface area (Å²) in [4.78, 5) is 29.0. The zero-order valence-corrected chi connectivity index (χ0v) is 21.0. The molecule has 0 heterocycles. The average molecular weight is 457 g/mol. The van der Waals surface area contributed by atoms with E-state index in [1.54, 1.807) is 4.90 Å². The molecule has 3 aromatic carbocycles. The number of aryl methyl sites for hydroxylation is 2. The fourth-order valence-electron chi connectivity index (χ4n) is 4.00. The van der Waals surface area contributed by atoms with Gasteiger partial charge in [0.05, 0.1) is 6.42 Å². The number of rotatable bonds is 8. The lowest BCUT2D eigenvalue weighted by Crippen LogP contribution is -2.54. The molecule has 0 fully saturated rings. The first-order chi connectivity index (χ1) is 16.1. The second-order valence-corrected chi connectivity index (χ2v) is 10.1. The van der Waals surface area contributed by atoms with Crippen LogP contribution in [0.25, 0.3) is 0 Å². The van der Waals surface area contributed by atoms with Crippen LogP contribution in [0.4, 0.5) is 0 Å². The van der Waals surface area contributed by atoms with Crippen molar-refractivity contribution >= 4 is 11.8 Å².